The average molecular weight is 941 g/mol. The lowest BCUT2D eigenvalue weighted by molar-refractivity contribution is -0.413. The fourth-order valence-corrected chi connectivity index (χ4v) is 4.57. The fraction of sp³-hybridized carbons (Fsp3) is 0.317. The number of quaternary nitrogens is 3. The molecule has 3 atom stereocenters. The van der Waals surface area contributed by atoms with Crippen LogP contribution in [0, 0.1) is 12.3 Å². The van der Waals surface area contributed by atoms with E-state index in [9.17, 15) is 23.6 Å². The van der Waals surface area contributed by atoms with Gasteiger partial charge in [0.05, 0.1) is 38.3 Å². The standard InChI is InChI=1S/C13H14N4O3.C13H16N4O.C9H10N4O2.C3H4.CH3F.2CH4.3ClH/c1-8(18)12-7-17(16-15-12)10-4-2-9(3-5-10)6-11(14)13(19)20;1-9(14)7-11-3-5-12(6-4-11)17-8-13(10(2)18)15-16-17;10-8(9(14)15)5-6-1-3-7(4-2-6)12-13-11;1-3-2;1-2;;;;;/h2-5,7,11H,6,14H2,1H3,(H,19,20);3-6,8-9H,7,14H2,1-2H3;1-4,8H,5,10H2,(H,14,15);1H,2H3;1H3;2*1H4;3*1H/t11-;9-;8-;;;;;;;/m010......./s1/i;;;;1D;;;;;. The van der Waals surface area contributed by atoms with E-state index < -0.39 is 31.2 Å². The molecule has 346 valence electrons. The van der Waals surface area contributed by atoms with Crippen molar-refractivity contribution >= 4 is 29.2 Å². The van der Waals surface area contributed by atoms with E-state index in [1.807, 2.05) is 36.4 Å². The minimum Gasteiger partial charge on any atom is -1.00 e. The fourth-order valence-electron chi connectivity index (χ4n) is 4.57. The van der Waals surface area contributed by atoms with Crippen molar-refractivity contribution in [1.29, 1.82) is 0 Å². The molecular weight excluding hydrogens is 882 g/mol. The summed E-state index contributed by atoms with van der Waals surface area (Å²) >= 11 is 0. The molecule has 0 aliphatic rings. The van der Waals surface area contributed by atoms with Gasteiger partial charge in [-0.25, -0.2) is 19.0 Å². The summed E-state index contributed by atoms with van der Waals surface area (Å²) in [5.74, 6) is 0.184. The summed E-state index contributed by atoms with van der Waals surface area (Å²) in [6.07, 6.45) is 9.48. The third-order valence-electron chi connectivity index (χ3n) is 7.45. The van der Waals surface area contributed by atoms with E-state index in [0.29, 0.717) is 36.0 Å². The number of azide groups is 1. The second-order valence-corrected chi connectivity index (χ2v) is 12.5. The van der Waals surface area contributed by atoms with Crippen LogP contribution in [0.25, 0.3) is 21.8 Å². The van der Waals surface area contributed by atoms with E-state index in [1.165, 1.54) is 24.1 Å². The molecule has 2 aromatic heterocycles. The number of halogens is 4. The number of aliphatic carboxylic acids is 2. The van der Waals surface area contributed by atoms with Crippen LogP contribution in [0.4, 0.5) is 10.1 Å². The quantitative estimate of drug-likeness (QED) is 0.0246. The number of nitrogens with zero attached hydrogens (tertiary/aromatic N) is 9. The van der Waals surface area contributed by atoms with E-state index >= 15 is 0 Å². The van der Waals surface area contributed by atoms with Crippen LogP contribution >= 0.6 is 0 Å². The predicted octanol–water partition coefficient (Wildman–Crippen LogP) is -5.27. The molecule has 0 saturated heterocycles. The lowest BCUT2D eigenvalue weighted by Crippen LogP contribution is -3.00. The third-order valence-corrected chi connectivity index (χ3v) is 7.45. The molecule has 0 saturated carbocycles. The highest BCUT2D eigenvalue weighted by atomic mass is 35.5. The SMILES string of the molecule is C.C.C#CC.CC(=O)c1cn(-c2ccc(C[C@@H](C)[NH3+])cc2)nn1.CC(=O)c1cn(-c2ccc(C[C@H]([NH3+])C(=O)O)cc2)nn1.[2H]CF.[Cl-].[Cl-].[Cl-].[N-]=[N+]=Nc1ccc(C[C@H]([NH3+])C(=O)O)cc1. The molecular formula is C41H58Cl3FN12O6. The smallest absolute Gasteiger partial charge is 0.362 e. The van der Waals surface area contributed by atoms with E-state index in [-0.39, 0.29) is 63.6 Å². The second-order valence-electron chi connectivity index (χ2n) is 12.5. The number of ketones is 2. The Morgan fingerprint density at radius 2 is 1.06 bits per heavy atom. The topological polar surface area (TPSA) is 302 Å². The minimum atomic E-state index is -1.00. The van der Waals surface area contributed by atoms with Gasteiger partial charge < -0.3 is 64.6 Å². The van der Waals surface area contributed by atoms with Crippen molar-refractivity contribution in [2.24, 2.45) is 5.11 Å². The van der Waals surface area contributed by atoms with Crippen LogP contribution in [0.1, 0.15) is 81.6 Å². The Balaban J connectivity index is -0.000000248. The Morgan fingerprint density at radius 3 is 1.32 bits per heavy atom. The Bertz CT molecular complexity index is 2180. The number of terminal acetylenes is 1. The third kappa shape index (κ3) is 24.7. The summed E-state index contributed by atoms with van der Waals surface area (Å²) in [5, 5.41) is 36.3. The first kappa shape index (κ1) is 63.4. The molecule has 18 nitrogen and oxygen atoms in total. The van der Waals surface area contributed by atoms with Gasteiger partial charge in [-0.05, 0) is 60.3 Å². The molecule has 11 N–H and O–H groups in total. The molecule has 22 heteroatoms. The second kappa shape index (κ2) is 35.4. The van der Waals surface area contributed by atoms with E-state index in [0.717, 1.165) is 28.9 Å². The average Bonchev–Trinajstić information content (AvgIpc) is 3.89. The Labute approximate surface area is 387 Å². The highest BCUT2D eigenvalue weighted by molar-refractivity contribution is 5.92. The summed E-state index contributed by atoms with van der Waals surface area (Å²) in [7, 11) is -1.00. The largest absolute Gasteiger partial charge is 1.00 e. The number of Topliss-reactive ketones (excluding diaryl/α,β-unsaturated/α-hetero) is 2. The van der Waals surface area contributed by atoms with E-state index in [4.69, 9.17) is 17.1 Å². The zero-order chi connectivity index (χ0) is 44.5. The molecule has 5 rings (SSSR count). The molecule has 0 amide bonds. The first-order valence-electron chi connectivity index (χ1n) is 18.1. The molecule has 0 unspecified atom stereocenters. The first-order valence-corrected chi connectivity index (χ1v) is 17.4. The van der Waals surface area contributed by atoms with Crippen molar-refractivity contribution < 1.29 is 89.6 Å². The van der Waals surface area contributed by atoms with Crippen molar-refractivity contribution in [2.75, 3.05) is 7.15 Å². The molecule has 0 bridgehead atoms. The van der Waals surface area contributed by atoms with Crippen LogP contribution in [0.3, 0.4) is 0 Å². The van der Waals surface area contributed by atoms with Gasteiger partial charge >= 0.3 is 11.9 Å². The Kier molecular flexibility index (Phi) is 35.6. The number of hydrogen-bond acceptors (Lipinski definition) is 9. The monoisotopic (exact) mass is 939 g/mol. The highest BCUT2D eigenvalue weighted by Gasteiger charge is 2.17. The van der Waals surface area contributed by atoms with Crippen LogP contribution in [-0.2, 0) is 28.9 Å². The molecule has 0 fully saturated rings. The number of benzene rings is 3. The van der Waals surface area contributed by atoms with Gasteiger partial charge in [-0.2, -0.15) is 0 Å². The molecule has 5 aromatic rings. The van der Waals surface area contributed by atoms with Gasteiger partial charge in [-0.1, -0.05) is 78.9 Å². The maximum atomic E-state index is 11.2. The molecule has 3 aromatic carbocycles. The number of hydrogen-bond donors (Lipinski definition) is 5. The number of aromatic nitrogens is 6. The van der Waals surface area contributed by atoms with Crippen molar-refractivity contribution in [2.45, 2.75) is 79.9 Å². The summed E-state index contributed by atoms with van der Waals surface area (Å²) in [6, 6.07) is 21.1. The van der Waals surface area contributed by atoms with Gasteiger partial charge in [0.15, 0.2) is 23.7 Å². The zero-order valence-corrected chi connectivity index (χ0v) is 36.2. The van der Waals surface area contributed by atoms with Crippen molar-refractivity contribution in [3.05, 3.63) is 124 Å². The van der Waals surface area contributed by atoms with Crippen molar-refractivity contribution in [3.63, 3.8) is 0 Å². The van der Waals surface area contributed by atoms with E-state index in [1.54, 1.807) is 60.4 Å². The number of alkyl halides is 1. The summed E-state index contributed by atoms with van der Waals surface area (Å²) in [5.41, 5.74) is 25.1. The van der Waals surface area contributed by atoms with Gasteiger partial charge in [0.2, 0.25) is 0 Å². The molecule has 0 aliphatic carbocycles. The zero-order valence-electron chi connectivity index (χ0n) is 34.9. The normalized spacial score (nSPS) is 10.6. The number of carboxylic acid groups (broad SMARTS) is 2. The first-order chi connectivity index (χ1) is 28.0. The van der Waals surface area contributed by atoms with Crippen LogP contribution in [0.2, 0.25) is 0 Å². The Hall–Kier alpha value is -6.23. The number of carbonyl (C=O) groups is 4. The van der Waals surface area contributed by atoms with Crippen LogP contribution in [0.15, 0.2) is 90.3 Å². The molecule has 0 radical (unpaired) electrons. The number of carboxylic acids is 2. The van der Waals surface area contributed by atoms with Gasteiger partial charge in [-0.15, -0.1) is 22.5 Å². The summed E-state index contributed by atoms with van der Waals surface area (Å²) in [4.78, 5) is 46.2. The van der Waals surface area contributed by atoms with Crippen LogP contribution in [0.5, 0.6) is 0 Å². The summed E-state index contributed by atoms with van der Waals surface area (Å²) < 4.78 is 18.6. The predicted molar refractivity (Wildman–Crippen MR) is 225 cm³/mol. The maximum Gasteiger partial charge on any atom is 0.362 e. The highest BCUT2D eigenvalue weighted by Crippen LogP contribution is 2.14. The molecule has 63 heavy (non-hydrogen) atoms. The molecule has 0 spiro atoms. The lowest BCUT2D eigenvalue weighted by atomic mass is 10.1. The van der Waals surface area contributed by atoms with Gasteiger partial charge in [0, 0.05) is 43.7 Å². The van der Waals surface area contributed by atoms with E-state index in [2.05, 4.69) is 67.1 Å². The minimum absolute atomic E-state index is 0. The Morgan fingerprint density at radius 1 is 0.762 bits per heavy atom. The van der Waals surface area contributed by atoms with Gasteiger partial charge in [-0.3, -0.25) is 14.0 Å². The molecule has 0 aliphatic heterocycles. The lowest BCUT2D eigenvalue weighted by Gasteiger charge is -2.05. The number of rotatable bonds is 13. The van der Waals surface area contributed by atoms with Crippen LogP contribution in [-0.4, -0.2) is 89.0 Å². The number of carbonyl (C=O) groups excluding carboxylic acids is 2. The maximum absolute atomic E-state index is 11.2. The van der Waals surface area contributed by atoms with Gasteiger partial charge in [0.1, 0.15) is 11.4 Å². The summed E-state index contributed by atoms with van der Waals surface area (Å²) in [6.45, 7) is 6.65. The van der Waals surface area contributed by atoms with Gasteiger partial charge in [0.25, 0.3) is 0 Å². The van der Waals surface area contributed by atoms with Crippen molar-refractivity contribution in [3.8, 4) is 23.7 Å². The van der Waals surface area contributed by atoms with Crippen molar-refractivity contribution in [1.82, 2.24) is 30.0 Å². The van der Waals surface area contributed by atoms with Crippen LogP contribution < -0.4 is 54.4 Å². The molecule has 2 heterocycles.